The average Bonchev–Trinajstić information content (AvgIpc) is 2.63. The molecule has 0 spiro atoms. The second-order valence-electron chi connectivity index (χ2n) is 6.62. The second kappa shape index (κ2) is 6.64. The predicted molar refractivity (Wildman–Crippen MR) is 104 cm³/mol. The van der Waals surface area contributed by atoms with Crippen LogP contribution in [0, 0.1) is 6.92 Å². The summed E-state index contributed by atoms with van der Waals surface area (Å²) in [5, 5.41) is 0. The molecule has 0 radical (unpaired) electrons. The van der Waals surface area contributed by atoms with E-state index >= 15 is 0 Å². The first-order valence-corrected chi connectivity index (χ1v) is 8.88. The van der Waals surface area contributed by atoms with Crippen molar-refractivity contribution in [2.75, 3.05) is 12.0 Å². The minimum absolute atomic E-state index is 0.893. The summed E-state index contributed by atoms with van der Waals surface area (Å²) in [6.45, 7) is 2.17. The molecule has 1 aliphatic rings. The molecule has 0 aliphatic carbocycles. The molecule has 0 N–H and O–H groups in total. The van der Waals surface area contributed by atoms with Crippen LogP contribution in [0.1, 0.15) is 23.1 Å². The lowest BCUT2D eigenvalue weighted by atomic mass is 9.95. The van der Waals surface area contributed by atoms with Crippen molar-refractivity contribution in [2.24, 2.45) is 0 Å². The molecular weight excluding hydrogens is 306 g/mol. The van der Waals surface area contributed by atoms with Gasteiger partial charge in [-0.05, 0) is 61.6 Å². The highest BCUT2D eigenvalue weighted by Crippen LogP contribution is 2.44. The largest absolute Gasteiger partial charge is 0.495 e. The van der Waals surface area contributed by atoms with Crippen LogP contribution < -0.4 is 9.64 Å². The zero-order chi connectivity index (χ0) is 17.2. The lowest BCUT2D eigenvalue weighted by molar-refractivity contribution is 0.416. The minimum atomic E-state index is 0.893. The van der Waals surface area contributed by atoms with Crippen molar-refractivity contribution in [1.82, 2.24) is 0 Å². The number of nitrogens with zero attached hydrogens (tertiary/aromatic N) is 1. The van der Waals surface area contributed by atoms with Crippen molar-refractivity contribution >= 4 is 17.1 Å². The number of anilines is 3. The normalized spacial score (nSPS) is 13.4. The molecule has 3 aromatic rings. The van der Waals surface area contributed by atoms with Crippen LogP contribution in [0.3, 0.4) is 0 Å². The Balaban J connectivity index is 2.00. The van der Waals surface area contributed by atoms with E-state index in [-0.39, 0.29) is 0 Å². The van der Waals surface area contributed by atoms with Crippen molar-refractivity contribution in [3.05, 3.63) is 83.4 Å². The number of fused-ring (bicyclic) bond motifs is 2. The van der Waals surface area contributed by atoms with Gasteiger partial charge in [-0.25, -0.2) is 0 Å². The first-order valence-electron chi connectivity index (χ1n) is 8.88. The van der Waals surface area contributed by atoms with E-state index in [4.69, 9.17) is 4.74 Å². The third kappa shape index (κ3) is 2.89. The van der Waals surface area contributed by atoms with Crippen molar-refractivity contribution in [1.29, 1.82) is 0 Å². The summed E-state index contributed by atoms with van der Waals surface area (Å²) in [5.74, 6) is 0.893. The van der Waals surface area contributed by atoms with E-state index < -0.39 is 0 Å². The molecule has 126 valence electrons. The summed E-state index contributed by atoms with van der Waals surface area (Å²) >= 11 is 0. The number of ether oxygens (including phenoxy) is 1. The minimum Gasteiger partial charge on any atom is -0.495 e. The smallest absolute Gasteiger partial charge is 0.142 e. The number of hydrogen-bond donors (Lipinski definition) is 0. The molecule has 0 fully saturated rings. The molecule has 0 amide bonds. The van der Waals surface area contributed by atoms with E-state index in [1.54, 1.807) is 7.11 Å². The summed E-state index contributed by atoms with van der Waals surface area (Å²) < 4.78 is 5.68. The van der Waals surface area contributed by atoms with Gasteiger partial charge >= 0.3 is 0 Å². The summed E-state index contributed by atoms with van der Waals surface area (Å²) in [6, 6.07) is 23.8. The molecule has 0 saturated carbocycles. The van der Waals surface area contributed by atoms with Crippen LogP contribution in [0.2, 0.25) is 0 Å². The Morgan fingerprint density at radius 3 is 2.28 bits per heavy atom. The molecule has 2 nitrogen and oxygen atoms in total. The number of para-hydroxylation sites is 3. The van der Waals surface area contributed by atoms with E-state index in [1.807, 2.05) is 12.1 Å². The lowest BCUT2D eigenvalue weighted by Crippen LogP contribution is -2.17. The van der Waals surface area contributed by atoms with Gasteiger partial charge in [0.2, 0.25) is 0 Å². The molecule has 1 heterocycles. The topological polar surface area (TPSA) is 12.5 Å². The fraction of sp³-hybridized carbons (Fsp3) is 0.217. The van der Waals surface area contributed by atoms with Crippen LogP contribution in [0.4, 0.5) is 17.1 Å². The Morgan fingerprint density at radius 1 is 0.760 bits per heavy atom. The highest BCUT2D eigenvalue weighted by atomic mass is 16.5. The highest BCUT2D eigenvalue weighted by Gasteiger charge is 2.22. The maximum Gasteiger partial charge on any atom is 0.142 e. The highest BCUT2D eigenvalue weighted by molar-refractivity contribution is 5.83. The molecular formula is C23H23NO. The Kier molecular flexibility index (Phi) is 4.19. The van der Waals surface area contributed by atoms with Gasteiger partial charge in [0.25, 0.3) is 0 Å². The lowest BCUT2D eigenvalue weighted by Gasteiger charge is -2.32. The van der Waals surface area contributed by atoms with Gasteiger partial charge in [0, 0.05) is 11.4 Å². The Bertz CT molecular complexity index is 889. The van der Waals surface area contributed by atoms with Gasteiger partial charge < -0.3 is 9.64 Å². The van der Waals surface area contributed by atoms with Crippen molar-refractivity contribution in [3.63, 3.8) is 0 Å². The Morgan fingerprint density at radius 2 is 1.44 bits per heavy atom. The molecule has 0 saturated heterocycles. The number of methoxy groups -OCH3 is 1. The first-order chi connectivity index (χ1) is 12.3. The molecule has 0 unspecified atom stereocenters. The van der Waals surface area contributed by atoms with Gasteiger partial charge in [-0.3, -0.25) is 0 Å². The van der Waals surface area contributed by atoms with Gasteiger partial charge in [-0.1, -0.05) is 48.0 Å². The number of hydrogen-bond acceptors (Lipinski definition) is 2. The number of aryl methyl sites for hydroxylation is 3. The second-order valence-corrected chi connectivity index (χ2v) is 6.62. The van der Waals surface area contributed by atoms with Crippen LogP contribution in [0.25, 0.3) is 0 Å². The van der Waals surface area contributed by atoms with Gasteiger partial charge in [-0.15, -0.1) is 0 Å². The standard InChI is InChI=1S/C23H23NO/c1-17-14-15-21-19(16-17)10-7-9-18-8-3-4-11-20(18)24(21)22-12-5-6-13-23(22)25-2/h3-6,8,11-16H,7,9-10H2,1-2H3. The van der Waals surface area contributed by atoms with Crippen LogP contribution in [-0.4, -0.2) is 7.11 Å². The van der Waals surface area contributed by atoms with Gasteiger partial charge in [0.15, 0.2) is 0 Å². The van der Waals surface area contributed by atoms with Crippen molar-refractivity contribution < 1.29 is 4.74 Å². The van der Waals surface area contributed by atoms with Crippen molar-refractivity contribution in [2.45, 2.75) is 26.2 Å². The van der Waals surface area contributed by atoms with Crippen LogP contribution in [0.15, 0.2) is 66.7 Å². The monoisotopic (exact) mass is 329 g/mol. The van der Waals surface area contributed by atoms with E-state index in [2.05, 4.69) is 66.4 Å². The maximum atomic E-state index is 5.68. The predicted octanol–water partition coefficient (Wildman–Crippen LogP) is 5.96. The summed E-state index contributed by atoms with van der Waals surface area (Å²) in [4.78, 5) is 2.36. The molecule has 0 bridgehead atoms. The van der Waals surface area contributed by atoms with E-state index in [1.165, 1.54) is 34.5 Å². The quantitative estimate of drug-likeness (QED) is 0.575. The fourth-order valence-electron chi connectivity index (χ4n) is 3.75. The molecule has 25 heavy (non-hydrogen) atoms. The summed E-state index contributed by atoms with van der Waals surface area (Å²) in [7, 11) is 1.74. The zero-order valence-electron chi connectivity index (χ0n) is 14.8. The first kappa shape index (κ1) is 15.8. The average molecular weight is 329 g/mol. The Labute approximate surface area is 149 Å². The van der Waals surface area contributed by atoms with Crippen LogP contribution in [0.5, 0.6) is 5.75 Å². The van der Waals surface area contributed by atoms with Crippen molar-refractivity contribution in [3.8, 4) is 5.75 Å². The molecule has 0 atom stereocenters. The Hall–Kier alpha value is -2.74. The molecule has 4 rings (SSSR count). The van der Waals surface area contributed by atoms with Gasteiger partial charge in [0.1, 0.15) is 5.75 Å². The van der Waals surface area contributed by atoms with Crippen LogP contribution in [-0.2, 0) is 12.8 Å². The summed E-state index contributed by atoms with van der Waals surface area (Å²) in [6.07, 6.45) is 3.36. The summed E-state index contributed by atoms with van der Waals surface area (Å²) in [5.41, 5.74) is 7.69. The van der Waals surface area contributed by atoms with Gasteiger partial charge in [0.05, 0.1) is 12.8 Å². The molecule has 2 heteroatoms. The number of benzene rings is 3. The van der Waals surface area contributed by atoms with E-state index in [0.29, 0.717) is 0 Å². The molecule has 3 aromatic carbocycles. The molecule has 0 aromatic heterocycles. The SMILES string of the molecule is COc1ccccc1N1c2ccccc2CCCc2cc(C)ccc21. The number of rotatable bonds is 2. The van der Waals surface area contributed by atoms with Crippen LogP contribution >= 0.6 is 0 Å². The zero-order valence-corrected chi connectivity index (χ0v) is 14.8. The van der Waals surface area contributed by atoms with Gasteiger partial charge in [-0.2, -0.15) is 0 Å². The maximum absolute atomic E-state index is 5.68. The molecule has 1 aliphatic heterocycles. The fourth-order valence-corrected chi connectivity index (χ4v) is 3.75. The van der Waals surface area contributed by atoms with E-state index in [9.17, 15) is 0 Å². The third-order valence-electron chi connectivity index (χ3n) is 4.93. The third-order valence-corrected chi connectivity index (χ3v) is 4.93. The van der Waals surface area contributed by atoms with E-state index in [0.717, 1.165) is 24.3 Å².